The van der Waals surface area contributed by atoms with Gasteiger partial charge in [0.25, 0.3) is 5.91 Å². The highest BCUT2D eigenvalue weighted by molar-refractivity contribution is 5.99. The first-order valence-corrected chi connectivity index (χ1v) is 9.07. The molecule has 148 valence electrons. The molecule has 8 heteroatoms. The second-order valence-electron chi connectivity index (χ2n) is 6.66. The van der Waals surface area contributed by atoms with E-state index in [0.29, 0.717) is 16.6 Å². The first-order chi connectivity index (χ1) is 14.1. The van der Waals surface area contributed by atoms with Gasteiger partial charge in [-0.15, -0.1) is 0 Å². The van der Waals surface area contributed by atoms with Crippen molar-refractivity contribution in [3.8, 4) is 5.75 Å². The van der Waals surface area contributed by atoms with Crippen molar-refractivity contribution in [2.45, 2.75) is 18.6 Å². The Morgan fingerprint density at radius 1 is 1.10 bits per heavy atom. The maximum atomic E-state index is 13.9. The number of likely N-dealkylation sites (tertiary alicyclic amines) is 1. The Morgan fingerprint density at radius 2 is 1.86 bits per heavy atom. The quantitative estimate of drug-likeness (QED) is 0.632. The van der Waals surface area contributed by atoms with E-state index in [4.69, 9.17) is 9.47 Å². The van der Waals surface area contributed by atoms with E-state index in [1.165, 1.54) is 24.1 Å². The number of carbonyl (C=O) groups is 2. The molecule has 3 aromatic rings. The number of amides is 1. The average molecular weight is 395 g/mol. The highest BCUT2D eigenvalue weighted by atomic mass is 19.1. The number of benzene rings is 2. The zero-order valence-corrected chi connectivity index (χ0v) is 15.6. The van der Waals surface area contributed by atoms with Crippen LogP contribution in [0.25, 0.3) is 11.0 Å². The summed E-state index contributed by atoms with van der Waals surface area (Å²) < 4.78 is 24.5. The van der Waals surface area contributed by atoms with Gasteiger partial charge in [-0.2, -0.15) is 0 Å². The van der Waals surface area contributed by atoms with Gasteiger partial charge in [0.2, 0.25) is 0 Å². The van der Waals surface area contributed by atoms with E-state index >= 15 is 0 Å². The molecule has 1 saturated heterocycles. The Balaban J connectivity index is 1.59. The number of carbonyl (C=O) groups excluding carboxylic acids is 2. The zero-order chi connectivity index (χ0) is 20.4. The molecule has 0 bridgehead atoms. The monoisotopic (exact) mass is 395 g/mol. The summed E-state index contributed by atoms with van der Waals surface area (Å²) in [6.45, 7) is 0.130. The van der Waals surface area contributed by atoms with Gasteiger partial charge in [0.1, 0.15) is 12.1 Å². The molecule has 0 aliphatic carbocycles. The van der Waals surface area contributed by atoms with Crippen LogP contribution in [0.4, 0.5) is 4.39 Å². The fraction of sp³-hybridized carbons (Fsp3) is 0.238. The van der Waals surface area contributed by atoms with Crippen LogP contribution in [0.15, 0.2) is 54.9 Å². The van der Waals surface area contributed by atoms with E-state index in [-0.39, 0.29) is 24.6 Å². The summed E-state index contributed by atoms with van der Waals surface area (Å²) >= 11 is 0. The molecule has 4 rings (SSSR count). The van der Waals surface area contributed by atoms with E-state index in [0.717, 1.165) is 0 Å². The molecule has 0 saturated carbocycles. The van der Waals surface area contributed by atoms with Crippen LogP contribution in [-0.4, -0.2) is 52.5 Å². The van der Waals surface area contributed by atoms with Crippen LogP contribution in [-0.2, 0) is 9.53 Å². The van der Waals surface area contributed by atoms with Crippen LogP contribution >= 0.6 is 0 Å². The number of aromatic nitrogens is 2. The second-order valence-corrected chi connectivity index (χ2v) is 6.66. The molecule has 1 aliphatic rings. The number of ether oxygens (including phenoxy) is 2. The van der Waals surface area contributed by atoms with Crippen molar-refractivity contribution in [2.24, 2.45) is 0 Å². The lowest BCUT2D eigenvalue weighted by Gasteiger charge is -2.22. The number of hydrogen-bond donors (Lipinski definition) is 0. The van der Waals surface area contributed by atoms with Gasteiger partial charge in [0.05, 0.1) is 24.7 Å². The topological polar surface area (TPSA) is 81.6 Å². The second kappa shape index (κ2) is 7.83. The number of para-hydroxylation sites is 1. The van der Waals surface area contributed by atoms with E-state index in [1.807, 2.05) is 0 Å². The Kier molecular flexibility index (Phi) is 5.07. The van der Waals surface area contributed by atoms with Gasteiger partial charge < -0.3 is 14.4 Å². The van der Waals surface area contributed by atoms with Gasteiger partial charge in [0, 0.05) is 24.4 Å². The molecular formula is C21H18FN3O4. The first-order valence-electron chi connectivity index (χ1n) is 9.07. The van der Waals surface area contributed by atoms with Crippen molar-refractivity contribution in [1.82, 2.24) is 14.9 Å². The summed E-state index contributed by atoms with van der Waals surface area (Å²) in [4.78, 5) is 35.2. The van der Waals surface area contributed by atoms with Gasteiger partial charge in [-0.25, -0.2) is 9.18 Å². The lowest BCUT2D eigenvalue weighted by Crippen LogP contribution is -2.41. The molecule has 0 spiro atoms. The number of hydrogen-bond acceptors (Lipinski definition) is 6. The van der Waals surface area contributed by atoms with Gasteiger partial charge in [0.15, 0.2) is 11.6 Å². The molecule has 0 N–H and O–H groups in total. The third-order valence-corrected chi connectivity index (χ3v) is 4.84. The van der Waals surface area contributed by atoms with Crippen molar-refractivity contribution in [3.63, 3.8) is 0 Å². The highest BCUT2D eigenvalue weighted by Gasteiger charge is 2.42. The molecule has 2 heterocycles. The van der Waals surface area contributed by atoms with Crippen LogP contribution in [0.3, 0.4) is 0 Å². The smallest absolute Gasteiger partial charge is 0.328 e. The lowest BCUT2D eigenvalue weighted by atomic mass is 10.1. The van der Waals surface area contributed by atoms with Gasteiger partial charge in [-0.1, -0.05) is 12.1 Å². The van der Waals surface area contributed by atoms with Crippen LogP contribution < -0.4 is 4.74 Å². The van der Waals surface area contributed by atoms with Crippen molar-refractivity contribution in [1.29, 1.82) is 0 Å². The zero-order valence-electron chi connectivity index (χ0n) is 15.6. The van der Waals surface area contributed by atoms with E-state index in [9.17, 15) is 14.0 Å². The third-order valence-electron chi connectivity index (χ3n) is 4.84. The summed E-state index contributed by atoms with van der Waals surface area (Å²) in [6.07, 6.45) is 2.78. The summed E-state index contributed by atoms with van der Waals surface area (Å²) in [5.41, 5.74) is 1.61. The highest BCUT2D eigenvalue weighted by Crippen LogP contribution is 2.27. The van der Waals surface area contributed by atoms with E-state index < -0.39 is 23.9 Å². The van der Waals surface area contributed by atoms with E-state index in [2.05, 4.69) is 9.97 Å². The SMILES string of the molecule is COC(=O)C1CC(Oc2ccccc2F)CN1C(=O)c1ccc2nccnc2c1. The average Bonchev–Trinajstić information content (AvgIpc) is 3.17. The van der Waals surface area contributed by atoms with Crippen LogP contribution in [0.5, 0.6) is 5.75 Å². The molecule has 1 aliphatic heterocycles. The van der Waals surface area contributed by atoms with Crippen molar-refractivity contribution >= 4 is 22.9 Å². The molecule has 1 aromatic heterocycles. The molecule has 1 fully saturated rings. The van der Waals surface area contributed by atoms with Crippen LogP contribution in [0.2, 0.25) is 0 Å². The van der Waals surface area contributed by atoms with Crippen LogP contribution in [0, 0.1) is 5.82 Å². The fourth-order valence-electron chi connectivity index (χ4n) is 3.45. The third kappa shape index (κ3) is 3.73. The predicted octanol–water partition coefficient (Wildman–Crippen LogP) is 2.60. The Morgan fingerprint density at radius 3 is 2.62 bits per heavy atom. The van der Waals surface area contributed by atoms with Gasteiger partial charge in [-0.3, -0.25) is 14.8 Å². The largest absolute Gasteiger partial charge is 0.485 e. The predicted molar refractivity (Wildman–Crippen MR) is 102 cm³/mol. The number of halogens is 1. The number of fused-ring (bicyclic) bond motifs is 1. The molecule has 2 aromatic carbocycles. The summed E-state index contributed by atoms with van der Waals surface area (Å²) in [5, 5.41) is 0. The minimum atomic E-state index is -0.818. The molecular weight excluding hydrogens is 377 g/mol. The van der Waals surface area contributed by atoms with Gasteiger partial charge in [-0.05, 0) is 30.3 Å². The van der Waals surface area contributed by atoms with Crippen LogP contribution in [0.1, 0.15) is 16.8 Å². The maximum absolute atomic E-state index is 13.9. The Labute approximate surface area is 166 Å². The molecule has 7 nitrogen and oxygen atoms in total. The number of nitrogens with zero attached hydrogens (tertiary/aromatic N) is 3. The minimum absolute atomic E-state index is 0.0800. The molecule has 29 heavy (non-hydrogen) atoms. The molecule has 2 unspecified atom stereocenters. The fourth-order valence-corrected chi connectivity index (χ4v) is 3.45. The molecule has 2 atom stereocenters. The number of esters is 1. The number of methoxy groups -OCH3 is 1. The molecule has 0 radical (unpaired) electrons. The normalized spacial score (nSPS) is 18.6. The Hall–Kier alpha value is -3.55. The summed E-state index contributed by atoms with van der Waals surface area (Å²) in [6, 6.07) is 10.2. The summed E-state index contributed by atoms with van der Waals surface area (Å²) in [5.74, 6) is -1.32. The molecule has 1 amide bonds. The van der Waals surface area contributed by atoms with E-state index in [1.54, 1.807) is 42.7 Å². The van der Waals surface area contributed by atoms with Crippen molar-refractivity contribution in [2.75, 3.05) is 13.7 Å². The first kappa shape index (κ1) is 18.8. The van der Waals surface area contributed by atoms with Crippen molar-refractivity contribution in [3.05, 3.63) is 66.2 Å². The van der Waals surface area contributed by atoms with Gasteiger partial charge >= 0.3 is 5.97 Å². The number of rotatable bonds is 4. The Bertz CT molecular complexity index is 1070. The standard InChI is InChI=1S/C21H18FN3O4/c1-28-21(27)18-11-14(29-19-5-3-2-4-15(19)22)12-25(18)20(26)13-6-7-16-17(10-13)24-9-8-23-16/h2-10,14,18H,11-12H2,1H3. The summed E-state index contributed by atoms with van der Waals surface area (Å²) in [7, 11) is 1.27. The van der Waals surface area contributed by atoms with Crippen molar-refractivity contribution < 1.29 is 23.5 Å². The maximum Gasteiger partial charge on any atom is 0.328 e. The minimum Gasteiger partial charge on any atom is -0.485 e. The lowest BCUT2D eigenvalue weighted by molar-refractivity contribution is -0.145.